The lowest BCUT2D eigenvalue weighted by molar-refractivity contribution is 0.0827. The number of carbonyl (C=O) groups excluding carboxylic acids is 2. The highest BCUT2D eigenvalue weighted by Crippen LogP contribution is 2.34. The van der Waals surface area contributed by atoms with E-state index in [-0.39, 0.29) is 24.0 Å². The van der Waals surface area contributed by atoms with Gasteiger partial charge in [0, 0.05) is 49.3 Å². The molecule has 0 spiro atoms. The molecule has 3 aromatic carbocycles. The summed E-state index contributed by atoms with van der Waals surface area (Å²) < 4.78 is 29.1. The largest absolute Gasteiger partial charge is 0.345 e. The van der Waals surface area contributed by atoms with E-state index in [1.165, 1.54) is 11.0 Å². The normalized spacial score (nSPS) is 11.3. The molecule has 4 nitrogen and oxygen atoms in total. The molecule has 0 aliphatic carbocycles. The third-order valence-electron chi connectivity index (χ3n) is 6.39. The number of fused-ring (bicyclic) bond motifs is 1. The molecule has 0 radical (unpaired) electrons. The van der Waals surface area contributed by atoms with Crippen molar-refractivity contribution < 1.29 is 18.4 Å². The van der Waals surface area contributed by atoms with Gasteiger partial charge in [-0.2, -0.15) is 0 Å². The number of hydrogen-bond acceptors (Lipinski definition) is 2. The predicted octanol–water partition coefficient (Wildman–Crippen LogP) is 6.61. The van der Waals surface area contributed by atoms with Gasteiger partial charge in [-0.3, -0.25) is 9.59 Å². The van der Waals surface area contributed by atoms with Crippen LogP contribution in [0, 0.1) is 11.6 Å². The monoisotopic (exact) mass is 488 g/mol. The fourth-order valence-electron chi connectivity index (χ4n) is 4.67. The SMILES string of the molecule is CC(C)c1c(C(=O)CCc2ccc(F)c(F)c2)c2ccc(C(=O)N(C)C)cc2n1Cc1ccccc1. The van der Waals surface area contributed by atoms with Crippen LogP contribution in [0.25, 0.3) is 10.9 Å². The number of amides is 1. The molecular weight excluding hydrogens is 458 g/mol. The van der Waals surface area contributed by atoms with Gasteiger partial charge in [-0.1, -0.05) is 56.3 Å². The summed E-state index contributed by atoms with van der Waals surface area (Å²) in [5.41, 5.74) is 4.56. The first kappa shape index (κ1) is 25.3. The summed E-state index contributed by atoms with van der Waals surface area (Å²) in [5, 5.41) is 0.792. The van der Waals surface area contributed by atoms with Crippen molar-refractivity contribution in [3.8, 4) is 0 Å². The second-order valence-electron chi connectivity index (χ2n) is 9.59. The zero-order chi connectivity index (χ0) is 26.0. The van der Waals surface area contributed by atoms with Crippen LogP contribution >= 0.6 is 0 Å². The Balaban J connectivity index is 1.82. The standard InChI is InChI=1S/C30H30F2N2O2/c1-19(2)29-28(27(35)15-11-20-10-14-24(31)25(32)16-20)23-13-12-22(30(36)33(3)4)17-26(23)34(29)18-21-8-6-5-7-9-21/h5-10,12-14,16-17,19H,11,15,18H2,1-4H3. The van der Waals surface area contributed by atoms with Crippen LogP contribution in [0.15, 0.2) is 66.7 Å². The zero-order valence-corrected chi connectivity index (χ0v) is 21.0. The van der Waals surface area contributed by atoms with E-state index < -0.39 is 11.6 Å². The first-order valence-electron chi connectivity index (χ1n) is 12.1. The second-order valence-corrected chi connectivity index (χ2v) is 9.59. The highest BCUT2D eigenvalue weighted by molar-refractivity contribution is 6.11. The molecule has 0 aliphatic rings. The molecule has 0 saturated carbocycles. The molecule has 36 heavy (non-hydrogen) atoms. The molecular formula is C30H30F2N2O2. The van der Waals surface area contributed by atoms with Crippen LogP contribution in [-0.4, -0.2) is 35.3 Å². The Kier molecular flexibility index (Phi) is 7.34. The summed E-state index contributed by atoms with van der Waals surface area (Å²) in [7, 11) is 3.42. The number of benzene rings is 3. The molecule has 1 aromatic heterocycles. The Hall–Kier alpha value is -3.80. The van der Waals surface area contributed by atoms with E-state index in [1.54, 1.807) is 20.2 Å². The van der Waals surface area contributed by atoms with Gasteiger partial charge in [0.25, 0.3) is 5.91 Å². The van der Waals surface area contributed by atoms with Crippen LogP contribution in [0.4, 0.5) is 8.78 Å². The van der Waals surface area contributed by atoms with Crippen molar-refractivity contribution in [1.82, 2.24) is 9.47 Å². The fraction of sp³-hybridized carbons (Fsp3) is 0.267. The van der Waals surface area contributed by atoms with Gasteiger partial charge in [0.15, 0.2) is 17.4 Å². The molecule has 0 bridgehead atoms. The van der Waals surface area contributed by atoms with Gasteiger partial charge in [0.2, 0.25) is 0 Å². The summed E-state index contributed by atoms with van der Waals surface area (Å²) in [6.07, 6.45) is 0.462. The molecule has 0 fully saturated rings. The summed E-state index contributed by atoms with van der Waals surface area (Å²) in [6.45, 7) is 4.66. The Morgan fingerprint density at radius 3 is 2.25 bits per heavy atom. The minimum absolute atomic E-state index is 0.0383. The number of aromatic nitrogens is 1. The molecule has 0 aliphatic heterocycles. The van der Waals surface area contributed by atoms with Crippen molar-refractivity contribution in [3.05, 3.63) is 106 Å². The number of carbonyl (C=O) groups is 2. The quantitative estimate of drug-likeness (QED) is 0.262. The number of Topliss-reactive ketones (excluding diaryl/α,β-unsaturated/α-hetero) is 1. The van der Waals surface area contributed by atoms with Gasteiger partial charge in [0.1, 0.15) is 0 Å². The predicted molar refractivity (Wildman–Crippen MR) is 139 cm³/mol. The summed E-state index contributed by atoms with van der Waals surface area (Å²) in [4.78, 5) is 27.9. The molecule has 4 rings (SSSR count). The Labute approximate surface area is 210 Å². The van der Waals surface area contributed by atoms with E-state index in [1.807, 2.05) is 56.3 Å². The summed E-state index contributed by atoms with van der Waals surface area (Å²) >= 11 is 0. The Morgan fingerprint density at radius 1 is 0.889 bits per heavy atom. The topological polar surface area (TPSA) is 42.3 Å². The van der Waals surface area contributed by atoms with Gasteiger partial charge < -0.3 is 9.47 Å². The van der Waals surface area contributed by atoms with Crippen molar-refractivity contribution in [2.24, 2.45) is 0 Å². The van der Waals surface area contributed by atoms with Gasteiger partial charge >= 0.3 is 0 Å². The molecule has 0 saturated heterocycles. The average molecular weight is 489 g/mol. The number of aryl methyl sites for hydroxylation is 1. The lowest BCUT2D eigenvalue weighted by Gasteiger charge is -2.16. The highest BCUT2D eigenvalue weighted by atomic mass is 19.2. The molecule has 0 unspecified atom stereocenters. The molecule has 4 aromatic rings. The van der Waals surface area contributed by atoms with Gasteiger partial charge in [-0.15, -0.1) is 0 Å². The van der Waals surface area contributed by atoms with E-state index in [0.29, 0.717) is 29.7 Å². The molecule has 0 N–H and O–H groups in total. The van der Waals surface area contributed by atoms with Gasteiger partial charge in [0.05, 0.1) is 5.52 Å². The van der Waals surface area contributed by atoms with Crippen molar-refractivity contribution in [2.75, 3.05) is 14.1 Å². The summed E-state index contributed by atoms with van der Waals surface area (Å²) in [5.74, 6) is -1.95. The van der Waals surface area contributed by atoms with Crippen LogP contribution in [0.1, 0.15) is 63.7 Å². The number of nitrogens with zero attached hydrogens (tertiary/aromatic N) is 2. The van der Waals surface area contributed by atoms with E-state index in [9.17, 15) is 18.4 Å². The van der Waals surface area contributed by atoms with Crippen molar-refractivity contribution in [2.45, 2.75) is 39.2 Å². The van der Waals surface area contributed by atoms with E-state index in [4.69, 9.17) is 0 Å². The van der Waals surface area contributed by atoms with Crippen molar-refractivity contribution in [1.29, 1.82) is 0 Å². The summed E-state index contributed by atoms with van der Waals surface area (Å²) in [6, 6.07) is 19.2. The lowest BCUT2D eigenvalue weighted by atomic mass is 9.96. The average Bonchev–Trinajstić information content (AvgIpc) is 3.18. The molecule has 1 heterocycles. The number of halogens is 2. The number of hydrogen-bond donors (Lipinski definition) is 0. The van der Waals surface area contributed by atoms with Crippen molar-refractivity contribution in [3.63, 3.8) is 0 Å². The van der Waals surface area contributed by atoms with Crippen molar-refractivity contribution >= 4 is 22.6 Å². The van der Waals surface area contributed by atoms with Crippen LogP contribution in [0.5, 0.6) is 0 Å². The van der Waals surface area contributed by atoms with Crippen LogP contribution in [-0.2, 0) is 13.0 Å². The van der Waals surface area contributed by atoms with E-state index >= 15 is 0 Å². The van der Waals surface area contributed by atoms with Crippen LogP contribution < -0.4 is 0 Å². The molecule has 186 valence electrons. The third kappa shape index (κ3) is 5.08. The van der Waals surface area contributed by atoms with Gasteiger partial charge in [-0.25, -0.2) is 8.78 Å². The molecule has 6 heteroatoms. The van der Waals surface area contributed by atoms with E-state index in [2.05, 4.69) is 4.57 Å². The molecule has 0 atom stereocenters. The Bertz CT molecular complexity index is 1420. The van der Waals surface area contributed by atoms with Crippen LogP contribution in [0.2, 0.25) is 0 Å². The second kappa shape index (κ2) is 10.4. The lowest BCUT2D eigenvalue weighted by Crippen LogP contribution is -2.21. The first-order chi connectivity index (χ1) is 17.2. The zero-order valence-electron chi connectivity index (χ0n) is 21.0. The van der Waals surface area contributed by atoms with Gasteiger partial charge in [-0.05, 0) is 47.7 Å². The van der Waals surface area contributed by atoms with E-state index in [0.717, 1.165) is 34.3 Å². The van der Waals surface area contributed by atoms with Crippen LogP contribution in [0.3, 0.4) is 0 Å². The fourth-order valence-corrected chi connectivity index (χ4v) is 4.67. The maximum atomic E-state index is 13.7. The first-order valence-corrected chi connectivity index (χ1v) is 12.1. The number of rotatable bonds is 8. The maximum Gasteiger partial charge on any atom is 0.253 e. The minimum Gasteiger partial charge on any atom is -0.345 e. The third-order valence-corrected chi connectivity index (χ3v) is 6.39. The highest BCUT2D eigenvalue weighted by Gasteiger charge is 2.25. The Morgan fingerprint density at radius 2 is 1.61 bits per heavy atom. The minimum atomic E-state index is -0.916. The number of ketones is 1. The molecule has 1 amide bonds. The maximum absolute atomic E-state index is 13.7. The smallest absolute Gasteiger partial charge is 0.253 e.